The molecule has 0 amide bonds. The van der Waals surface area contributed by atoms with Crippen LogP contribution in [-0.2, 0) is 14.8 Å². The van der Waals surface area contributed by atoms with E-state index in [0.717, 1.165) is 6.92 Å². The van der Waals surface area contributed by atoms with E-state index in [-0.39, 0.29) is 55.7 Å². The van der Waals surface area contributed by atoms with E-state index in [1.54, 1.807) is 0 Å². The van der Waals surface area contributed by atoms with Gasteiger partial charge < -0.3 is 9.90 Å². The molecule has 0 heterocycles. The fraction of sp³-hybridized carbons (Fsp3) is 0.933. The van der Waals surface area contributed by atoms with Crippen molar-refractivity contribution in [1.29, 1.82) is 0 Å². The number of alkyl halides is 13. The summed E-state index contributed by atoms with van der Waals surface area (Å²) in [5, 5.41) is 10.5. The molecule has 0 spiro atoms. The number of carboxylic acid groups (broad SMARTS) is 1. The van der Waals surface area contributed by atoms with Gasteiger partial charge in [-0.25, -0.2) is 12.8 Å². The van der Waals surface area contributed by atoms with Crippen molar-refractivity contribution in [3.63, 3.8) is 0 Å². The molecule has 0 radical (unpaired) electrons. The molecule has 0 rings (SSSR count). The van der Waals surface area contributed by atoms with E-state index in [1.165, 1.54) is 0 Å². The van der Waals surface area contributed by atoms with Gasteiger partial charge >= 0.3 is 76.1 Å². The van der Waals surface area contributed by atoms with Crippen LogP contribution in [-0.4, -0.2) is 67.9 Å². The normalized spacial score (nSPS) is 16.1. The second-order valence-electron chi connectivity index (χ2n) is 7.12. The van der Waals surface area contributed by atoms with Gasteiger partial charge in [0.25, 0.3) is 5.67 Å². The first kappa shape index (κ1) is 37.3. The van der Waals surface area contributed by atoms with Gasteiger partial charge in [-0.1, -0.05) is 6.92 Å². The number of carbonyl (C=O) groups excluding carboxylic acids is 1. The minimum Gasteiger partial charge on any atom is -0.549 e. The summed E-state index contributed by atoms with van der Waals surface area (Å²) in [5.41, 5.74) is -6.50. The average Bonchev–Trinajstić information content (AvgIpc) is 2.57. The summed E-state index contributed by atoms with van der Waals surface area (Å²) in [6, 6.07) is 0. The Morgan fingerprint density at radius 1 is 0.829 bits per heavy atom. The van der Waals surface area contributed by atoms with Gasteiger partial charge in [0.1, 0.15) is 0 Å². The number of nitrogens with zero attached hydrogens (tertiary/aromatic N) is 1. The monoisotopic (exact) mass is 593 g/mol. The maximum atomic E-state index is 13.8. The zero-order valence-corrected chi connectivity index (χ0v) is 21.7. The summed E-state index contributed by atoms with van der Waals surface area (Å²) in [4.78, 5) is 10.5. The molecule has 0 aliphatic carbocycles. The van der Waals surface area contributed by atoms with Crippen LogP contribution in [0.3, 0.4) is 0 Å². The Morgan fingerprint density at radius 2 is 1.23 bits per heavy atom. The molecule has 35 heavy (non-hydrogen) atoms. The van der Waals surface area contributed by atoms with E-state index in [9.17, 15) is 75.4 Å². The van der Waals surface area contributed by atoms with Gasteiger partial charge in [-0.2, -0.15) is 57.0 Å². The molecule has 2 unspecified atom stereocenters. The molecular weight excluding hydrogens is 576 g/mol. The zero-order valence-electron chi connectivity index (χ0n) is 17.8. The van der Waals surface area contributed by atoms with Crippen molar-refractivity contribution >= 4 is 16.0 Å². The van der Waals surface area contributed by atoms with Crippen LogP contribution in [0.15, 0.2) is 0 Å². The number of carbonyl (C=O) groups is 1. The first-order valence-electron chi connectivity index (χ1n) is 8.93. The number of hydrogen-bond acceptors (Lipinski definition) is 4. The number of sulfonamides is 1. The van der Waals surface area contributed by atoms with Crippen LogP contribution in [0.25, 0.3) is 0 Å². The summed E-state index contributed by atoms with van der Waals surface area (Å²) >= 11 is 0. The van der Waals surface area contributed by atoms with Crippen molar-refractivity contribution in [2.24, 2.45) is 11.8 Å². The van der Waals surface area contributed by atoms with Gasteiger partial charge in [-0.05, 0) is 12.8 Å². The van der Waals surface area contributed by atoms with Crippen molar-refractivity contribution in [3.05, 3.63) is 0 Å². The summed E-state index contributed by atoms with van der Waals surface area (Å²) in [6.45, 7) is -0.932. The molecule has 0 aromatic carbocycles. The quantitative estimate of drug-likeness (QED) is 0.262. The fourth-order valence-electron chi connectivity index (χ4n) is 2.79. The molecule has 0 fully saturated rings. The first-order chi connectivity index (χ1) is 14.8. The second kappa shape index (κ2) is 12.8. The Balaban J connectivity index is 0. The summed E-state index contributed by atoms with van der Waals surface area (Å²) < 4.78 is 193. The van der Waals surface area contributed by atoms with Crippen LogP contribution in [0.4, 0.5) is 57.1 Å². The van der Waals surface area contributed by atoms with Gasteiger partial charge in [-0.15, -0.1) is 0 Å². The van der Waals surface area contributed by atoms with E-state index in [2.05, 4.69) is 0 Å². The summed E-state index contributed by atoms with van der Waals surface area (Å²) in [5.74, 6) is -11.2. The van der Waals surface area contributed by atoms with Crippen molar-refractivity contribution in [3.8, 4) is 0 Å². The Bertz CT molecular complexity index is 779. The van der Waals surface area contributed by atoms with E-state index < -0.39 is 96.3 Å². The SMILES string of the molecule is CCN(CC(=O)[O-])S(=O)(=O)CCC(CC(CC(F)(C(F)(F)F)C(F)(F)F)C(F)(F)F)C(F)(F)F.[K+]. The molecule has 2 atom stereocenters. The van der Waals surface area contributed by atoms with Crippen LogP contribution in [0.5, 0.6) is 0 Å². The topological polar surface area (TPSA) is 77.5 Å². The number of carboxylic acids is 1. The predicted molar refractivity (Wildman–Crippen MR) is 84.9 cm³/mol. The van der Waals surface area contributed by atoms with Gasteiger partial charge in [0, 0.05) is 13.0 Å². The molecule has 0 N–H and O–H groups in total. The van der Waals surface area contributed by atoms with E-state index in [4.69, 9.17) is 0 Å². The van der Waals surface area contributed by atoms with E-state index in [0.29, 0.717) is 0 Å². The number of likely N-dealkylation sites (N-methyl/N-ethyl adjacent to an activating group) is 1. The smallest absolute Gasteiger partial charge is 0.549 e. The van der Waals surface area contributed by atoms with E-state index in [1.807, 2.05) is 0 Å². The summed E-state index contributed by atoms with van der Waals surface area (Å²) in [7, 11) is -4.88. The van der Waals surface area contributed by atoms with Gasteiger partial charge in [0.15, 0.2) is 0 Å². The molecular formula is C15H17F13KNO4S. The predicted octanol–water partition coefficient (Wildman–Crippen LogP) is 0.752. The largest absolute Gasteiger partial charge is 1.00 e. The third-order valence-corrected chi connectivity index (χ3v) is 6.62. The molecule has 0 bridgehead atoms. The first-order valence-corrected chi connectivity index (χ1v) is 10.5. The second-order valence-corrected chi connectivity index (χ2v) is 9.20. The Kier molecular flexibility index (Phi) is 13.6. The number of rotatable bonds is 11. The summed E-state index contributed by atoms with van der Waals surface area (Å²) in [6.07, 6.45) is -33.7. The third kappa shape index (κ3) is 10.8. The molecule has 0 saturated heterocycles. The van der Waals surface area contributed by atoms with Crippen LogP contribution < -0.4 is 56.5 Å². The van der Waals surface area contributed by atoms with E-state index >= 15 is 0 Å². The maximum absolute atomic E-state index is 13.8. The van der Waals surface area contributed by atoms with Crippen molar-refractivity contribution in [2.75, 3.05) is 18.8 Å². The van der Waals surface area contributed by atoms with Gasteiger partial charge in [0.2, 0.25) is 10.0 Å². The Labute approximate surface area is 232 Å². The molecule has 0 aromatic rings. The minimum atomic E-state index is -6.96. The number of aliphatic carboxylic acids is 1. The number of halogens is 13. The molecule has 0 aliphatic heterocycles. The molecule has 5 nitrogen and oxygen atoms in total. The number of hydrogen-bond donors (Lipinski definition) is 0. The van der Waals surface area contributed by atoms with Crippen molar-refractivity contribution in [2.45, 2.75) is 56.6 Å². The molecule has 0 saturated carbocycles. The molecule has 20 heteroatoms. The van der Waals surface area contributed by atoms with Crippen molar-refractivity contribution in [1.82, 2.24) is 4.31 Å². The molecule has 0 aromatic heterocycles. The standard InChI is InChI=1S/C15H18F13NO4S.K/c1-2-29(7-10(30)31)34(32,33)4-3-8(12(17,18)19)5-9(13(20,21)22)6-11(16,14(23,24)25)15(26,27)28;/h8-9H,2-7H2,1H3,(H,30,31);/q;+1/p-1. The molecule has 204 valence electrons. The average molecular weight is 593 g/mol. The fourth-order valence-corrected chi connectivity index (χ4v) is 4.33. The third-order valence-electron chi connectivity index (χ3n) is 4.70. The zero-order chi connectivity index (χ0) is 27.6. The minimum absolute atomic E-state index is 0. The van der Waals surface area contributed by atoms with Crippen LogP contribution in [0, 0.1) is 11.8 Å². The Morgan fingerprint density at radius 3 is 1.51 bits per heavy atom. The maximum Gasteiger partial charge on any atom is 1.00 e. The van der Waals surface area contributed by atoms with Crippen molar-refractivity contribution < 1.29 is 127 Å². The molecule has 0 aliphatic rings. The Hall–Kier alpha value is 0.106. The van der Waals surface area contributed by atoms with Crippen LogP contribution >= 0.6 is 0 Å². The van der Waals surface area contributed by atoms with Gasteiger partial charge in [0.05, 0.1) is 30.1 Å². The van der Waals surface area contributed by atoms with Crippen LogP contribution in [0.1, 0.15) is 26.2 Å². The van der Waals surface area contributed by atoms with Gasteiger partial charge in [-0.3, -0.25) is 0 Å². The van der Waals surface area contributed by atoms with Crippen LogP contribution in [0.2, 0.25) is 0 Å².